The van der Waals surface area contributed by atoms with Crippen LogP contribution in [0.4, 0.5) is 0 Å². The van der Waals surface area contributed by atoms with Crippen LogP contribution in [-0.4, -0.2) is 19.5 Å². The molecule has 0 bridgehead atoms. The molecule has 2 aromatic carbocycles. The molecule has 0 radical (unpaired) electrons. The van der Waals surface area contributed by atoms with Gasteiger partial charge in [0.15, 0.2) is 17.3 Å². The van der Waals surface area contributed by atoms with Gasteiger partial charge in [-0.3, -0.25) is 4.79 Å². The van der Waals surface area contributed by atoms with E-state index in [1.807, 2.05) is 25.1 Å². The Balaban J connectivity index is 2.35. The second-order valence-electron chi connectivity index (χ2n) is 3.99. The maximum atomic E-state index is 12.3. The summed E-state index contributed by atoms with van der Waals surface area (Å²) in [5.74, 6) is 1.20. The summed E-state index contributed by atoms with van der Waals surface area (Å²) in [6.07, 6.45) is 0. The number of benzene rings is 2. The van der Waals surface area contributed by atoms with E-state index in [1.165, 1.54) is 0 Å². The molecule has 2 rings (SSSR count). The van der Waals surface area contributed by atoms with Crippen molar-refractivity contribution in [2.24, 2.45) is 0 Å². The van der Waals surface area contributed by atoms with Crippen LogP contribution in [0.5, 0.6) is 11.5 Å². The lowest BCUT2D eigenvalue weighted by atomic mass is 10.0. The molecule has 0 unspecified atom stereocenters. The summed E-state index contributed by atoms with van der Waals surface area (Å²) in [5, 5.41) is 0. The van der Waals surface area contributed by atoms with E-state index in [1.54, 1.807) is 37.4 Å². The molecule has 98 valence electrons. The van der Waals surface area contributed by atoms with Crippen molar-refractivity contribution in [3.8, 4) is 11.5 Å². The second-order valence-corrected chi connectivity index (χ2v) is 3.99. The van der Waals surface area contributed by atoms with Gasteiger partial charge in [-0.2, -0.15) is 0 Å². The van der Waals surface area contributed by atoms with Gasteiger partial charge in [0.1, 0.15) is 0 Å². The summed E-state index contributed by atoms with van der Waals surface area (Å²) in [7, 11) is 1.58. The van der Waals surface area contributed by atoms with Gasteiger partial charge in [0, 0.05) is 11.1 Å². The molecule has 0 aromatic heterocycles. The lowest BCUT2D eigenvalue weighted by molar-refractivity contribution is 0.103. The quantitative estimate of drug-likeness (QED) is 0.770. The van der Waals surface area contributed by atoms with Gasteiger partial charge < -0.3 is 9.47 Å². The molecule has 0 N–H and O–H groups in total. The molecule has 3 heteroatoms. The number of rotatable bonds is 5. The standard InChI is InChI=1S/C16H16O3/c1-3-19-15-11-13(9-10-14(15)18-2)16(17)12-7-5-4-6-8-12/h4-11H,3H2,1-2H3. The average molecular weight is 256 g/mol. The summed E-state index contributed by atoms with van der Waals surface area (Å²) in [5.41, 5.74) is 1.26. The van der Waals surface area contributed by atoms with Gasteiger partial charge in [0.2, 0.25) is 0 Å². The number of carbonyl (C=O) groups is 1. The van der Waals surface area contributed by atoms with E-state index >= 15 is 0 Å². The number of methoxy groups -OCH3 is 1. The monoisotopic (exact) mass is 256 g/mol. The van der Waals surface area contributed by atoms with Crippen molar-refractivity contribution in [1.82, 2.24) is 0 Å². The normalized spacial score (nSPS) is 10.0. The van der Waals surface area contributed by atoms with Crippen molar-refractivity contribution in [2.75, 3.05) is 13.7 Å². The van der Waals surface area contributed by atoms with Gasteiger partial charge in [-0.05, 0) is 25.1 Å². The van der Waals surface area contributed by atoms with E-state index in [4.69, 9.17) is 9.47 Å². The molecule has 0 fully saturated rings. The number of hydrogen-bond acceptors (Lipinski definition) is 3. The van der Waals surface area contributed by atoms with Crippen molar-refractivity contribution in [2.45, 2.75) is 6.92 Å². The highest BCUT2D eigenvalue weighted by atomic mass is 16.5. The highest BCUT2D eigenvalue weighted by molar-refractivity contribution is 6.09. The van der Waals surface area contributed by atoms with Crippen LogP contribution in [0, 0.1) is 0 Å². The first-order valence-electron chi connectivity index (χ1n) is 6.17. The Morgan fingerprint density at radius 1 is 1.00 bits per heavy atom. The minimum Gasteiger partial charge on any atom is -0.493 e. The first-order chi connectivity index (χ1) is 9.26. The minimum atomic E-state index is -0.0239. The third kappa shape index (κ3) is 2.94. The van der Waals surface area contributed by atoms with Crippen molar-refractivity contribution in [3.05, 3.63) is 59.7 Å². The largest absolute Gasteiger partial charge is 0.493 e. The summed E-state index contributed by atoms with van der Waals surface area (Å²) >= 11 is 0. The number of hydrogen-bond donors (Lipinski definition) is 0. The van der Waals surface area contributed by atoms with Crippen LogP contribution in [0.25, 0.3) is 0 Å². The molecule has 0 aliphatic rings. The van der Waals surface area contributed by atoms with E-state index in [0.717, 1.165) is 0 Å². The summed E-state index contributed by atoms with van der Waals surface area (Å²) < 4.78 is 10.7. The maximum absolute atomic E-state index is 12.3. The molecule has 0 saturated carbocycles. The fraction of sp³-hybridized carbons (Fsp3) is 0.188. The molecule has 0 amide bonds. The summed E-state index contributed by atoms with van der Waals surface area (Å²) in [6, 6.07) is 14.4. The van der Waals surface area contributed by atoms with Crippen LogP contribution in [0.15, 0.2) is 48.5 Å². The van der Waals surface area contributed by atoms with Crippen LogP contribution in [0.1, 0.15) is 22.8 Å². The van der Waals surface area contributed by atoms with Gasteiger partial charge in [0.25, 0.3) is 0 Å². The zero-order chi connectivity index (χ0) is 13.7. The molecule has 2 aromatic rings. The Hall–Kier alpha value is -2.29. The Morgan fingerprint density at radius 3 is 2.37 bits per heavy atom. The number of carbonyl (C=O) groups excluding carboxylic acids is 1. The molecule has 0 spiro atoms. The molecule has 0 aliphatic carbocycles. The molecule has 0 saturated heterocycles. The first kappa shape index (κ1) is 13.1. The number of ketones is 1. The Morgan fingerprint density at radius 2 is 1.74 bits per heavy atom. The van der Waals surface area contributed by atoms with Gasteiger partial charge in [0.05, 0.1) is 13.7 Å². The summed E-state index contributed by atoms with van der Waals surface area (Å²) in [4.78, 5) is 12.3. The molecule has 0 aliphatic heterocycles. The van der Waals surface area contributed by atoms with Gasteiger partial charge >= 0.3 is 0 Å². The Labute approximate surface area is 112 Å². The van der Waals surface area contributed by atoms with Gasteiger partial charge in [-0.1, -0.05) is 30.3 Å². The van der Waals surface area contributed by atoms with Gasteiger partial charge in [-0.15, -0.1) is 0 Å². The van der Waals surface area contributed by atoms with E-state index in [2.05, 4.69) is 0 Å². The Bertz CT molecular complexity index is 561. The van der Waals surface area contributed by atoms with Gasteiger partial charge in [-0.25, -0.2) is 0 Å². The first-order valence-corrected chi connectivity index (χ1v) is 6.17. The average Bonchev–Trinajstić information content (AvgIpc) is 2.47. The zero-order valence-electron chi connectivity index (χ0n) is 11.1. The second kappa shape index (κ2) is 6.05. The molecule has 3 nitrogen and oxygen atoms in total. The lowest BCUT2D eigenvalue weighted by Gasteiger charge is -2.10. The smallest absolute Gasteiger partial charge is 0.193 e. The lowest BCUT2D eigenvalue weighted by Crippen LogP contribution is -2.03. The predicted octanol–water partition coefficient (Wildman–Crippen LogP) is 3.32. The van der Waals surface area contributed by atoms with Crippen LogP contribution in [0.2, 0.25) is 0 Å². The van der Waals surface area contributed by atoms with Crippen molar-refractivity contribution in [3.63, 3.8) is 0 Å². The zero-order valence-corrected chi connectivity index (χ0v) is 11.1. The minimum absolute atomic E-state index is 0.0239. The Kier molecular flexibility index (Phi) is 4.18. The fourth-order valence-electron chi connectivity index (χ4n) is 1.84. The third-order valence-electron chi connectivity index (χ3n) is 2.76. The maximum Gasteiger partial charge on any atom is 0.193 e. The third-order valence-corrected chi connectivity index (χ3v) is 2.76. The SMILES string of the molecule is CCOc1cc(C(=O)c2ccccc2)ccc1OC. The van der Waals surface area contributed by atoms with Crippen LogP contribution >= 0.6 is 0 Å². The van der Waals surface area contributed by atoms with E-state index in [-0.39, 0.29) is 5.78 Å². The van der Waals surface area contributed by atoms with Crippen molar-refractivity contribution < 1.29 is 14.3 Å². The molecule has 0 atom stereocenters. The molecule has 0 heterocycles. The molecular weight excluding hydrogens is 240 g/mol. The highest BCUT2D eigenvalue weighted by Gasteiger charge is 2.12. The van der Waals surface area contributed by atoms with E-state index in [9.17, 15) is 4.79 Å². The summed E-state index contributed by atoms with van der Waals surface area (Å²) in [6.45, 7) is 2.42. The topological polar surface area (TPSA) is 35.5 Å². The molecule has 19 heavy (non-hydrogen) atoms. The van der Waals surface area contributed by atoms with E-state index < -0.39 is 0 Å². The van der Waals surface area contributed by atoms with Crippen LogP contribution < -0.4 is 9.47 Å². The predicted molar refractivity (Wildman–Crippen MR) is 74.0 cm³/mol. The molecular formula is C16H16O3. The van der Waals surface area contributed by atoms with Crippen LogP contribution in [-0.2, 0) is 0 Å². The van der Waals surface area contributed by atoms with E-state index in [0.29, 0.717) is 29.2 Å². The van der Waals surface area contributed by atoms with Crippen molar-refractivity contribution >= 4 is 5.78 Å². The fourth-order valence-corrected chi connectivity index (χ4v) is 1.84. The van der Waals surface area contributed by atoms with Crippen molar-refractivity contribution in [1.29, 1.82) is 0 Å². The number of ether oxygens (including phenoxy) is 2. The highest BCUT2D eigenvalue weighted by Crippen LogP contribution is 2.28. The van der Waals surface area contributed by atoms with Crippen LogP contribution in [0.3, 0.4) is 0 Å².